The molecule has 1 amide bonds. The molecule has 164 valence electrons. The minimum Gasteiger partial charge on any atom is -0.493 e. The van der Waals surface area contributed by atoms with Crippen molar-refractivity contribution in [1.82, 2.24) is 9.88 Å². The number of carbonyl (C=O) groups excluding carboxylic acids is 1. The smallest absolute Gasteiger partial charge is 0.295 e. The summed E-state index contributed by atoms with van der Waals surface area (Å²) in [4.78, 5) is 18.5. The zero-order valence-corrected chi connectivity index (χ0v) is 19.9. The molecule has 0 saturated carbocycles. The van der Waals surface area contributed by atoms with E-state index in [1.54, 1.807) is 0 Å². The minimum atomic E-state index is -0.0800. The van der Waals surface area contributed by atoms with Gasteiger partial charge in [-0.05, 0) is 72.2 Å². The fraction of sp³-hybridized carbons (Fsp3) is 0.391. The summed E-state index contributed by atoms with van der Waals surface area (Å²) in [5.41, 5.74) is 3.63. The number of nitrogens with zero attached hydrogens (tertiary/aromatic N) is 2. The fourth-order valence-electron chi connectivity index (χ4n) is 3.89. The molecule has 2 N–H and O–H groups in total. The quantitative estimate of drug-likeness (QED) is 0.422. The molecule has 31 heavy (non-hydrogen) atoms. The Balaban J connectivity index is 1.37. The van der Waals surface area contributed by atoms with E-state index in [9.17, 15) is 4.79 Å². The van der Waals surface area contributed by atoms with Crippen LogP contribution in [0, 0.1) is 3.57 Å². The molecule has 1 aliphatic rings. The summed E-state index contributed by atoms with van der Waals surface area (Å²) in [6.07, 6.45) is 2.03. The highest BCUT2D eigenvalue weighted by atomic mass is 127. The lowest BCUT2D eigenvalue weighted by molar-refractivity contribution is -0.114. The zero-order chi connectivity index (χ0) is 21.8. The first kappa shape index (κ1) is 21.9. The van der Waals surface area contributed by atoms with Gasteiger partial charge in [-0.3, -0.25) is 9.69 Å². The average molecular weight is 534 g/mol. The topological polar surface area (TPSA) is 79.6 Å². The minimum absolute atomic E-state index is 0.0800. The molecule has 1 saturated heterocycles. The van der Waals surface area contributed by atoms with Crippen LogP contribution < -0.4 is 15.4 Å². The monoisotopic (exact) mass is 534 g/mol. The number of carbonyl (C=O) groups is 1. The number of aromatic nitrogens is 1. The molecule has 0 radical (unpaired) electrons. The van der Waals surface area contributed by atoms with Crippen molar-refractivity contribution in [2.24, 2.45) is 0 Å². The third-order valence-electron chi connectivity index (χ3n) is 5.32. The van der Waals surface area contributed by atoms with Gasteiger partial charge in [0.2, 0.25) is 5.91 Å². The number of nitrogens with one attached hydrogen (secondary N) is 2. The number of oxazole rings is 1. The molecule has 0 bridgehead atoms. The van der Waals surface area contributed by atoms with E-state index in [-0.39, 0.29) is 5.91 Å². The normalized spacial score (nSPS) is 15.2. The van der Waals surface area contributed by atoms with Gasteiger partial charge in [0, 0.05) is 32.6 Å². The Kier molecular flexibility index (Phi) is 6.96. The first-order chi connectivity index (χ1) is 15.0. The van der Waals surface area contributed by atoms with Crippen molar-refractivity contribution in [2.75, 3.05) is 30.3 Å². The molecule has 0 aliphatic carbocycles. The molecule has 4 rings (SSSR count). The van der Waals surface area contributed by atoms with Crippen LogP contribution in [0.1, 0.15) is 32.3 Å². The molecule has 1 aliphatic heterocycles. The fourth-order valence-corrected chi connectivity index (χ4v) is 4.49. The van der Waals surface area contributed by atoms with Gasteiger partial charge in [-0.1, -0.05) is 12.1 Å². The molecule has 1 aromatic heterocycles. The van der Waals surface area contributed by atoms with Crippen molar-refractivity contribution in [2.45, 2.75) is 39.3 Å². The van der Waals surface area contributed by atoms with E-state index in [4.69, 9.17) is 9.15 Å². The van der Waals surface area contributed by atoms with Crippen LogP contribution in [0.25, 0.3) is 11.1 Å². The second kappa shape index (κ2) is 9.86. The Hall–Kier alpha value is -2.33. The van der Waals surface area contributed by atoms with Crippen molar-refractivity contribution in [3.63, 3.8) is 0 Å². The SMILES string of the molecule is CCOc1cc(CN2CCC(Nc3nc4ccccc4o3)CC2)cc(NC(C)=O)c1I. The summed E-state index contributed by atoms with van der Waals surface area (Å²) in [5.74, 6) is 0.737. The maximum atomic E-state index is 11.6. The van der Waals surface area contributed by atoms with Crippen LogP contribution in [0.15, 0.2) is 40.8 Å². The van der Waals surface area contributed by atoms with E-state index < -0.39 is 0 Å². The maximum absolute atomic E-state index is 11.6. The maximum Gasteiger partial charge on any atom is 0.295 e. The molecule has 2 aromatic carbocycles. The highest BCUT2D eigenvalue weighted by Gasteiger charge is 2.21. The molecule has 1 fully saturated rings. The van der Waals surface area contributed by atoms with Gasteiger partial charge >= 0.3 is 0 Å². The lowest BCUT2D eigenvalue weighted by Gasteiger charge is -2.32. The summed E-state index contributed by atoms with van der Waals surface area (Å²) >= 11 is 2.23. The molecular weight excluding hydrogens is 507 g/mol. The molecule has 7 nitrogen and oxygen atoms in total. The number of piperidine rings is 1. The van der Waals surface area contributed by atoms with Crippen LogP contribution in [-0.4, -0.2) is 41.5 Å². The number of amides is 1. The van der Waals surface area contributed by atoms with Crippen LogP contribution in [0.4, 0.5) is 11.7 Å². The predicted molar refractivity (Wildman–Crippen MR) is 131 cm³/mol. The highest BCUT2D eigenvalue weighted by Crippen LogP contribution is 2.31. The molecule has 0 spiro atoms. The van der Waals surface area contributed by atoms with Crippen molar-refractivity contribution >= 4 is 51.3 Å². The Morgan fingerprint density at radius 2 is 2.06 bits per heavy atom. The number of rotatable bonds is 7. The summed E-state index contributed by atoms with van der Waals surface area (Å²) < 4.78 is 12.5. The first-order valence-corrected chi connectivity index (χ1v) is 11.7. The Morgan fingerprint density at radius 1 is 1.29 bits per heavy atom. The van der Waals surface area contributed by atoms with Crippen molar-refractivity contribution in [1.29, 1.82) is 0 Å². The number of anilines is 2. The van der Waals surface area contributed by atoms with Crippen molar-refractivity contribution in [3.05, 3.63) is 45.5 Å². The van der Waals surface area contributed by atoms with Gasteiger partial charge in [0.15, 0.2) is 5.58 Å². The average Bonchev–Trinajstić information content (AvgIpc) is 3.15. The second-order valence-corrected chi connectivity index (χ2v) is 8.83. The second-order valence-electron chi connectivity index (χ2n) is 7.75. The standard InChI is InChI=1S/C23H27IN4O3/c1-3-30-21-13-16(12-19(22(21)24)25-15(2)29)14-28-10-8-17(9-11-28)26-23-27-18-6-4-5-7-20(18)31-23/h4-7,12-13,17H,3,8-11,14H2,1-2H3,(H,25,29)(H,26,27). The summed E-state index contributed by atoms with van der Waals surface area (Å²) in [7, 11) is 0. The number of likely N-dealkylation sites (tertiary alicyclic amines) is 1. The van der Waals surface area contributed by atoms with Crippen molar-refractivity contribution < 1.29 is 13.9 Å². The van der Waals surface area contributed by atoms with Crippen molar-refractivity contribution in [3.8, 4) is 5.75 Å². The van der Waals surface area contributed by atoms with E-state index in [0.29, 0.717) is 18.7 Å². The lowest BCUT2D eigenvalue weighted by Crippen LogP contribution is -2.38. The van der Waals surface area contributed by atoms with Gasteiger partial charge in [-0.2, -0.15) is 4.98 Å². The van der Waals surface area contributed by atoms with E-state index in [1.165, 1.54) is 6.92 Å². The van der Waals surface area contributed by atoms with Crippen LogP contribution in [-0.2, 0) is 11.3 Å². The number of para-hydroxylation sites is 2. The van der Waals surface area contributed by atoms with Gasteiger partial charge < -0.3 is 19.8 Å². The van der Waals surface area contributed by atoms with Crippen LogP contribution in [0.3, 0.4) is 0 Å². The summed E-state index contributed by atoms with van der Waals surface area (Å²) in [6, 6.07) is 12.9. The predicted octanol–water partition coefficient (Wildman–Crippen LogP) is 4.87. The Morgan fingerprint density at radius 3 is 2.77 bits per heavy atom. The van der Waals surface area contributed by atoms with Gasteiger partial charge in [-0.15, -0.1) is 0 Å². The molecule has 2 heterocycles. The zero-order valence-electron chi connectivity index (χ0n) is 17.8. The summed E-state index contributed by atoms with van der Waals surface area (Å²) in [5, 5.41) is 6.37. The highest BCUT2D eigenvalue weighted by molar-refractivity contribution is 14.1. The number of benzene rings is 2. The molecule has 3 aromatic rings. The largest absolute Gasteiger partial charge is 0.493 e. The van der Waals surface area contributed by atoms with E-state index in [1.807, 2.05) is 37.3 Å². The first-order valence-electron chi connectivity index (χ1n) is 10.6. The third-order valence-corrected chi connectivity index (χ3v) is 6.44. The van der Waals surface area contributed by atoms with E-state index >= 15 is 0 Å². The number of halogens is 1. The number of hydrogen-bond donors (Lipinski definition) is 2. The van der Waals surface area contributed by atoms with Crippen LogP contribution in [0.2, 0.25) is 0 Å². The van der Waals surface area contributed by atoms with Gasteiger partial charge in [-0.25, -0.2) is 0 Å². The molecule has 0 unspecified atom stereocenters. The number of hydrogen-bond acceptors (Lipinski definition) is 6. The van der Waals surface area contributed by atoms with Gasteiger partial charge in [0.25, 0.3) is 6.01 Å². The third kappa shape index (κ3) is 5.48. The lowest BCUT2D eigenvalue weighted by atomic mass is 10.0. The molecule has 0 atom stereocenters. The summed E-state index contributed by atoms with van der Waals surface area (Å²) in [6.45, 7) is 6.85. The van der Waals surface area contributed by atoms with Gasteiger partial charge in [0.1, 0.15) is 11.3 Å². The van der Waals surface area contributed by atoms with E-state index in [0.717, 1.165) is 64.1 Å². The van der Waals surface area contributed by atoms with Crippen LogP contribution in [0.5, 0.6) is 5.75 Å². The molecular formula is C23H27IN4O3. The number of fused-ring (bicyclic) bond motifs is 1. The number of ether oxygens (including phenoxy) is 1. The van der Waals surface area contributed by atoms with Crippen LogP contribution >= 0.6 is 22.6 Å². The Bertz CT molecular complexity index is 1030. The van der Waals surface area contributed by atoms with Gasteiger partial charge in [0.05, 0.1) is 15.9 Å². The molecule has 8 heteroatoms. The Labute approximate surface area is 195 Å². The van der Waals surface area contributed by atoms with E-state index in [2.05, 4.69) is 49.2 Å².